The van der Waals surface area contributed by atoms with Gasteiger partial charge in [0.2, 0.25) is 0 Å². The fourth-order valence-electron chi connectivity index (χ4n) is 2.41. The van der Waals surface area contributed by atoms with Crippen LogP contribution in [-0.4, -0.2) is 22.3 Å². The van der Waals surface area contributed by atoms with E-state index in [4.69, 9.17) is 10.5 Å². The predicted octanol–water partition coefficient (Wildman–Crippen LogP) is 3.39. The fraction of sp³-hybridized carbons (Fsp3) is 0.562. The predicted molar refractivity (Wildman–Crippen MR) is 83.8 cm³/mol. The number of fused-ring (bicyclic) bond motifs is 1. The first-order chi connectivity index (χ1) is 9.61. The van der Waals surface area contributed by atoms with Crippen molar-refractivity contribution in [2.75, 3.05) is 12.3 Å². The highest BCUT2D eigenvalue weighted by molar-refractivity contribution is 5.79. The minimum absolute atomic E-state index is 0.318. The molecule has 0 bridgehead atoms. The number of rotatable bonds is 7. The van der Waals surface area contributed by atoms with E-state index in [2.05, 4.69) is 36.4 Å². The molecule has 1 heterocycles. The molecule has 2 rings (SSSR count). The molecule has 20 heavy (non-hydrogen) atoms. The van der Waals surface area contributed by atoms with Crippen LogP contribution in [0.5, 0.6) is 0 Å². The topological polar surface area (TPSA) is 53.1 Å². The van der Waals surface area contributed by atoms with E-state index in [1.807, 2.05) is 12.1 Å². The van der Waals surface area contributed by atoms with Crippen molar-refractivity contribution >= 4 is 16.7 Å². The third-order valence-corrected chi connectivity index (χ3v) is 3.39. The number of imidazole rings is 1. The number of aryl methyl sites for hydroxylation is 2. The maximum absolute atomic E-state index is 5.83. The first-order valence-corrected chi connectivity index (χ1v) is 7.48. The van der Waals surface area contributed by atoms with E-state index in [-0.39, 0.29) is 0 Å². The summed E-state index contributed by atoms with van der Waals surface area (Å²) in [6.45, 7) is 8.11. The number of hydrogen-bond acceptors (Lipinski definition) is 3. The molecule has 110 valence electrons. The Morgan fingerprint density at radius 2 is 2.10 bits per heavy atom. The van der Waals surface area contributed by atoms with Crippen molar-refractivity contribution in [3.8, 4) is 0 Å². The van der Waals surface area contributed by atoms with Crippen LogP contribution in [0.3, 0.4) is 0 Å². The molecule has 0 radical (unpaired) electrons. The number of aromatic nitrogens is 2. The first kappa shape index (κ1) is 14.9. The molecule has 0 saturated heterocycles. The van der Waals surface area contributed by atoms with Crippen molar-refractivity contribution in [2.24, 2.45) is 0 Å². The van der Waals surface area contributed by atoms with E-state index in [0.29, 0.717) is 6.10 Å². The van der Waals surface area contributed by atoms with Crippen molar-refractivity contribution < 1.29 is 4.74 Å². The molecule has 0 aliphatic rings. The second-order valence-corrected chi connectivity index (χ2v) is 5.41. The van der Waals surface area contributed by atoms with Crippen molar-refractivity contribution in [3.63, 3.8) is 0 Å². The minimum atomic E-state index is 0.318. The van der Waals surface area contributed by atoms with Gasteiger partial charge < -0.3 is 15.0 Å². The average Bonchev–Trinajstić information content (AvgIpc) is 2.75. The lowest BCUT2D eigenvalue weighted by Gasteiger charge is -2.10. The Labute approximate surface area is 120 Å². The maximum atomic E-state index is 5.83. The SMILES string of the molecule is CCc1nc2cc(N)ccc2n1CCCCOC(C)C. The highest BCUT2D eigenvalue weighted by Gasteiger charge is 2.09. The highest BCUT2D eigenvalue weighted by atomic mass is 16.5. The number of nitrogens with zero attached hydrogens (tertiary/aromatic N) is 2. The molecule has 0 aliphatic heterocycles. The Morgan fingerprint density at radius 1 is 1.30 bits per heavy atom. The largest absolute Gasteiger partial charge is 0.399 e. The van der Waals surface area contributed by atoms with Gasteiger partial charge in [0, 0.05) is 25.3 Å². The molecule has 0 atom stereocenters. The van der Waals surface area contributed by atoms with Gasteiger partial charge in [-0.3, -0.25) is 0 Å². The Morgan fingerprint density at radius 3 is 2.80 bits per heavy atom. The van der Waals surface area contributed by atoms with E-state index >= 15 is 0 Å². The second kappa shape index (κ2) is 6.75. The van der Waals surface area contributed by atoms with E-state index in [1.54, 1.807) is 0 Å². The van der Waals surface area contributed by atoms with Crippen LogP contribution in [0.25, 0.3) is 11.0 Å². The van der Waals surface area contributed by atoms with Gasteiger partial charge in [0.05, 0.1) is 17.1 Å². The zero-order valence-electron chi connectivity index (χ0n) is 12.7. The number of nitrogens with two attached hydrogens (primary N) is 1. The zero-order chi connectivity index (χ0) is 14.5. The molecule has 1 aromatic carbocycles. The van der Waals surface area contributed by atoms with Gasteiger partial charge in [-0.1, -0.05) is 6.92 Å². The maximum Gasteiger partial charge on any atom is 0.109 e. The Bertz CT molecular complexity index is 560. The standard InChI is InChI=1S/C16H25N3O/c1-4-16-18-14-11-13(17)7-8-15(14)19(16)9-5-6-10-20-12(2)3/h7-8,11-12H,4-6,9-10,17H2,1-3H3. The number of nitrogen functional groups attached to an aromatic ring is 1. The Kier molecular flexibility index (Phi) is 5.01. The second-order valence-electron chi connectivity index (χ2n) is 5.41. The lowest BCUT2D eigenvalue weighted by molar-refractivity contribution is 0.0754. The number of benzene rings is 1. The van der Waals surface area contributed by atoms with Gasteiger partial charge in [0.1, 0.15) is 5.82 Å². The molecular weight excluding hydrogens is 250 g/mol. The van der Waals surface area contributed by atoms with E-state index in [0.717, 1.165) is 49.4 Å². The molecule has 0 spiro atoms. The third-order valence-electron chi connectivity index (χ3n) is 3.39. The van der Waals surface area contributed by atoms with Gasteiger partial charge in [-0.25, -0.2) is 4.98 Å². The fourth-order valence-corrected chi connectivity index (χ4v) is 2.41. The lowest BCUT2D eigenvalue weighted by Crippen LogP contribution is -2.07. The summed E-state index contributed by atoms with van der Waals surface area (Å²) in [6, 6.07) is 5.97. The summed E-state index contributed by atoms with van der Waals surface area (Å²) >= 11 is 0. The van der Waals surface area contributed by atoms with Crippen molar-refractivity contribution in [2.45, 2.75) is 52.7 Å². The molecule has 0 unspecified atom stereocenters. The zero-order valence-corrected chi connectivity index (χ0v) is 12.7. The summed E-state index contributed by atoms with van der Waals surface area (Å²) in [5.41, 5.74) is 8.78. The van der Waals surface area contributed by atoms with Crippen LogP contribution in [0.15, 0.2) is 18.2 Å². The molecule has 4 nitrogen and oxygen atoms in total. The first-order valence-electron chi connectivity index (χ1n) is 7.48. The van der Waals surface area contributed by atoms with Gasteiger partial charge >= 0.3 is 0 Å². The summed E-state index contributed by atoms with van der Waals surface area (Å²) in [7, 11) is 0. The van der Waals surface area contributed by atoms with Gasteiger partial charge in [-0.15, -0.1) is 0 Å². The van der Waals surface area contributed by atoms with Gasteiger partial charge in [-0.2, -0.15) is 0 Å². The normalized spacial score (nSPS) is 11.6. The molecule has 0 fully saturated rings. The molecule has 2 aromatic rings. The molecule has 4 heteroatoms. The smallest absolute Gasteiger partial charge is 0.109 e. The van der Waals surface area contributed by atoms with Crippen LogP contribution in [0.4, 0.5) is 5.69 Å². The van der Waals surface area contributed by atoms with Gasteiger partial charge in [0.15, 0.2) is 0 Å². The Hall–Kier alpha value is -1.55. The number of hydrogen-bond donors (Lipinski definition) is 1. The quantitative estimate of drug-likeness (QED) is 0.622. The van der Waals surface area contributed by atoms with E-state index in [9.17, 15) is 0 Å². The number of ether oxygens (including phenoxy) is 1. The summed E-state index contributed by atoms with van der Waals surface area (Å²) in [5, 5.41) is 0. The number of unbranched alkanes of at least 4 members (excludes halogenated alkanes) is 1. The van der Waals surface area contributed by atoms with Crippen LogP contribution in [0.2, 0.25) is 0 Å². The van der Waals surface area contributed by atoms with Crippen molar-refractivity contribution in [3.05, 3.63) is 24.0 Å². The van der Waals surface area contributed by atoms with Crippen LogP contribution >= 0.6 is 0 Å². The minimum Gasteiger partial charge on any atom is -0.399 e. The lowest BCUT2D eigenvalue weighted by atomic mass is 10.2. The molecule has 2 N–H and O–H groups in total. The Balaban J connectivity index is 2.04. The van der Waals surface area contributed by atoms with Crippen LogP contribution in [0, 0.1) is 0 Å². The van der Waals surface area contributed by atoms with Crippen LogP contribution in [0.1, 0.15) is 39.4 Å². The van der Waals surface area contributed by atoms with Crippen LogP contribution < -0.4 is 5.73 Å². The summed E-state index contributed by atoms with van der Waals surface area (Å²) in [4.78, 5) is 4.67. The van der Waals surface area contributed by atoms with Crippen molar-refractivity contribution in [1.29, 1.82) is 0 Å². The molecule has 1 aromatic heterocycles. The molecular formula is C16H25N3O. The molecule has 0 aliphatic carbocycles. The van der Waals surface area contributed by atoms with Gasteiger partial charge in [-0.05, 0) is 44.9 Å². The summed E-state index contributed by atoms with van der Waals surface area (Å²) < 4.78 is 7.89. The van der Waals surface area contributed by atoms with Crippen molar-refractivity contribution in [1.82, 2.24) is 9.55 Å². The summed E-state index contributed by atoms with van der Waals surface area (Å²) in [5.74, 6) is 1.13. The summed E-state index contributed by atoms with van der Waals surface area (Å²) in [6.07, 6.45) is 3.45. The average molecular weight is 275 g/mol. The molecule has 0 amide bonds. The van der Waals surface area contributed by atoms with E-state index in [1.165, 1.54) is 5.52 Å². The number of anilines is 1. The van der Waals surface area contributed by atoms with Crippen LogP contribution in [-0.2, 0) is 17.7 Å². The monoisotopic (exact) mass is 275 g/mol. The third kappa shape index (κ3) is 3.51. The highest BCUT2D eigenvalue weighted by Crippen LogP contribution is 2.20. The molecule has 0 saturated carbocycles. The van der Waals surface area contributed by atoms with E-state index < -0.39 is 0 Å². The van der Waals surface area contributed by atoms with Gasteiger partial charge in [0.25, 0.3) is 0 Å².